The number of nitrogens with zero attached hydrogens (tertiary/aromatic N) is 2. The van der Waals surface area contributed by atoms with Gasteiger partial charge >= 0.3 is 6.18 Å². The fourth-order valence-corrected chi connectivity index (χ4v) is 1.66. The second-order valence-corrected chi connectivity index (χ2v) is 4.79. The Kier molecular flexibility index (Phi) is 5.19. The molecule has 1 aromatic heterocycles. The van der Waals surface area contributed by atoms with Crippen LogP contribution in [0.5, 0.6) is 0 Å². The molecule has 1 unspecified atom stereocenters. The summed E-state index contributed by atoms with van der Waals surface area (Å²) in [6, 6.07) is 0.977. The first kappa shape index (κ1) is 15.0. The van der Waals surface area contributed by atoms with Crippen LogP contribution >= 0.6 is 0 Å². The first-order valence-electron chi connectivity index (χ1n) is 6.17. The van der Waals surface area contributed by atoms with Crippen molar-refractivity contribution in [2.24, 2.45) is 5.92 Å². The lowest BCUT2D eigenvalue weighted by Gasteiger charge is -2.17. The fourth-order valence-electron chi connectivity index (χ4n) is 1.66. The number of hydrogen-bond donors (Lipinski definition) is 1. The molecule has 0 fully saturated rings. The topological polar surface area (TPSA) is 29.9 Å². The fraction of sp³-hybridized carbons (Fsp3) is 0.750. The second kappa shape index (κ2) is 6.22. The SMILES string of the molecule is CCC(CNCC(C)C)n1ccc(C(F)(F)F)n1. The molecule has 0 amide bonds. The van der Waals surface area contributed by atoms with E-state index in [9.17, 15) is 13.2 Å². The van der Waals surface area contributed by atoms with Crippen molar-refractivity contribution in [2.45, 2.75) is 39.4 Å². The van der Waals surface area contributed by atoms with Crippen molar-refractivity contribution in [3.63, 3.8) is 0 Å². The molecule has 0 saturated heterocycles. The lowest BCUT2D eigenvalue weighted by molar-refractivity contribution is -0.141. The van der Waals surface area contributed by atoms with E-state index >= 15 is 0 Å². The van der Waals surface area contributed by atoms with E-state index in [1.165, 1.54) is 10.9 Å². The standard InChI is InChI=1S/C12H20F3N3/c1-4-10(8-16-7-9(2)3)18-6-5-11(17-18)12(13,14)15/h5-6,9-10,16H,4,7-8H2,1-3H3. The monoisotopic (exact) mass is 263 g/mol. The maximum Gasteiger partial charge on any atom is 0.435 e. The van der Waals surface area contributed by atoms with E-state index in [0.717, 1.165) is 19.0 Å². The van der Waals surface area contributed by atoms with Crippen LogP contribution < -0.4 is 5.32 Å². The van der Waals surface area contributed by atoms with Crippen LogP contribution in [0.2, 0.25) is 0 Å². The van der Waals surface area contributed by atoms with Gasteiger partial charge in [0.05, 0.1) is 6.04 Å². The first-order chi connectivity index (χ1) is 8.34. The van der Waals surface area contributed by atoms with Crippen molar-refractivity contribution in [3.8, 4) is 0 Å². The molecule has 18 heavy (non-hydrogen) atoms. The molecular weight excluding hydrogens is 243 g/mol. The summed E-state index contributed by atoms with van der Waals surface area (Å²) in [6.45, 7) is 7.60. The first-order valence-corrected chi connectivity index (χ1v) is 6.17. The summed E-state index contributed by atoms with van der Waals surface area (Å²) in [6.07, 6.45) is -2.23. The summed E-state index contributed by atoms with van der Waals surface area (Å²) in [7, 11) is 0. The molecule has 0 aliphatic carbocycles. The minimum atomic E-state index is -4.37. The van der Waals surface area contributed by atoms with Gasteiger partial charge in [0.2, 0.25) is 0 Å². The molecule has 0 saturated carbocycles. The molecule has 1 rings (SSSR count). The number of aromatic nitrogens is 2. The van der Waals surface area contributed by atoms with E-state index in [0.29, 0.717) is 12.5 Å². The van der Waals surface area contributed by atoms with E-state index < -0.39 is 11.9 Å². The predicted octanol–water partition coefficient (Wildman–Crippen LogP) is 3.10. The Morgan fingerprint density at radius 2 is 2.00 bits per heavy atom. The molecule has 6 heteroatoms. The second-order valence-electron chi connectivity index (χ2n) is 4.79. The van der Waals surface area contributed by atoms with Gasteiger partial charge in [-0.2, -0.15) is 18.3 Å². The van der Waals surface area contributed by atoms with Crippen LogP contribution in [0.4, 0.5) is 13.2 Å². The van der Waals surface area contributed by atoms with Crippen LogP contribution in [-0.4, -0.2) is 22.9 Å². The Hall–Kier alpha value is -1.04. The molecule has 104 valence electrons. The van der Waals surface area contributed by atoms with Crippen LogP contribution in [0, 0.1) is 5.92 Å². The normalized spacial score (nSPS) is 14.2. The quantitative estimate of drug-likeness (QED) is 0.854. The molecule has 0 aliphatic rings. The third-order valence-electron chi connectivity index (χ3n) is 2.68. The van der Waals surface area contributed by atoms with Gasteiger partial charge in [-0.25, -0.2) is 0 Å². The van der Waals surface area contributed by atoms with Gasteiger partial charge in [0.25, 0.3) is 0 Å². The van der Waals surface area contributed by atoms with Crippen LogP contribution in [0.1, 0.15) is 38.9 Å². The Morgan fingerprint density at radius 1 is 1.33 bits per heavy atom. The van der Waals surface area contributed by atoms with Crippen LogP contribution in [-0.2, 0) is 6.18 Å². The van der Waals surface area contributed by atoms with Crippen molar-refractivity contribution in [1.82, 2.24) is 15.1 Å². The summed E-state index contributed by atoms with van der Waals surface area (Å²) < 4.78 is 38.7. The van der Waals surface area contributed by atoms with E-state index in [1.807, 2.05) is 6.92 Å². The van der Waals surface area contributed by atoms with Crippen LogP contribution in [0.15, 0.2) is 12.3 Å². The van der Waals surface area contributed by atoms with Gasteiger partial charge in [-0.05, 0) is 24.9 Å². The number of halogens is 3. The van der Waals surface area contributed by atoms with E-state index in [2.05, 4.69) is 24.3 Å². The molecule has 0 radical (unpaired) electrons. The Morgan fingerprint density at radius 3 is 2.44 bits per heavy atom. The molecule has 1 aromatic rings. The lowest BCUT2D eigenvalue weighted by Crippen LogP contribution is -2.28. The van der Waals surface area contributed by atoms with Crippen molar-refractivity contribution < 1.29 is 13.2 Å². The van der Waals surface area contributed by atoms with Gasteiger partial charge in [0.1, 0.15) is 0 Å². The Balaban J connectivity index is 2.62. The summed E-state index contributed by atoms with van der Waals surface area (Å²) >= 11 is 0. The van der Waals surface area contributed by atoms with Crippen molar-refractivity contribution >= 4 is 0 Å². The lowest BCUT2D eigenvalue weighted by atomic mass is 10.2. The van der Waals surface area contributed by atoms with E-state index in [4.69, 9.17) is 0 Å². The highest BCUT2D eigenvalue weighted by molar-refractivity contribution is 5.04. The summed E-state index contributed by atoms with van der Waals surface area (Å²) in [5.41, 5.74) is -0.829. The maximum absolute atomic E-state index is 12.4. The molecular formula is C12H20F3N3. The molecule has 0 spiro atoms. The summed E-state index contributed by atoms with van der Waals surface area (Å²) in [5, 5.41) is 6.84. The van der Waals surface area contributed by atoms with Gasteiger partial charge in [-0.1, -0.05) is 20.8 Å². The predicted molar refractivity (Wildman–Crippen MR) is 64.3 cm³/mol. The van der Waals surface area contributed by atoms with Crippen LogP contribution in [0.3, 0.4) is 0 Å². The number of alkyl halides is 3. The molecule has 1 heterocycles. The molecule has 3 nitrogen and oxygen atoms in total. The minimum Gasteiger partial charge on any atom is -0.314 e. The number of nitrogens with one attached hydrogen (secondary N) is 1. The smallest absolute Gasteiger partial charge is 0.314 e. The number of hydrogen-bond acceptors (Lipinski definition) is 2. The maximum atomic E-state index is 12.4. The largest absolute Gasteiger partial charge is 0.435 e. The summed E-state index contributed by atoms with van der Waals surface area (Å²) in [5.74, 6) is 0.519. The van der Waals surface area contributed by atoms with Crippen molar-refractivity contribution in [3.05, 3.63) is 18.0 Å². The average molecular weight is 263 g/mol. The van der Waals surface area contributed by atoms with Crippen LogP contribution in [0.25, 0.3) is 0 Å². The zero-order valence-electron chi connectivity index (χ0n) is 11.0. The van der Waals surface area contributed by atoms with E-state index in [1.54, 1.807) is 0 Å². The highest BCUT2D eigenvalue weighted by Gasteiger charge is 2.33. The van der Waals surface area contributed by atoms with Crippen molar-refractivity contribution in [1.29, 1.82) is 0 Å². The molecule has 0 aromatic carbocycles. The zero-order chi connectivity index (χ0) is 13.8. The highest BCUT2D eigenvalue weighted by Crippen LogP contribution is 2.28. The Labute approximate surface area is 105 Å². The average Bonchev–Trinajstić information content (AvgIpc) is 2.72. The number of rotatable bonds is 6. The van der Waals surface area contributed by atoms with Gasteiger partial charge in [-0.3, -0.25) is 4.68 Å². The molecule has 0 bridgehead atoms. The molecule has 1 atom stereocenters. The Bertz CT molecular complexity index is 358. The molecule has 0 aliphatic heterocycles. The third-order valence-corrected chi connectivity index (χ3v) is 2.68. The highest BCUT2D eigenvalue weighted by atomic mass is 19.4. The van der Waals surface area contributed by atoms with Gasteiger partial charge in [0.15, 0.2) is 5.69 Å². The van der Waals surface area contributed by atoms with Gasteiger partial charge in [-0.15, -0.1) is 0 Å². The van der Waals surface area contributed by atoms with Gasteiger partial charge < -0.3 is 5.32 Å². The summed E-state index contributed by atoms with van der Waals surface area (Å²) in [4.78, 5) is 0. The molecule has 1 N–H and O–H groups in total. The van der Waals surface area contributed by atoms with Gasteiger partial charge in [0, 0.05) is 12.7 Å². The minimum absolute atomic E-state index is 0.0418. The third kappa shape index (κ3) is 4.33. The van der Waals surface area contributed by atoms with E-state index in [-0.39, 0.29) is 6.04 Å². The zero-order valence-corrected chi connectivity index (χ0v) is 11.0. The van der Waals surface area contributed by atoms with Crippen molar-refractivity contribution in [2.75, 3.05) is 13.1 Å².